The summed E-state index contributed by atoms with van der Waals surface area (Å²) in [6, 6.07) is 0. The first-order valence-electron chi connectivity index (χ1n) is 4.30. The molecule has 0 atom stereocenters. The van der Waals surface area contributed by atoms with Crippen molar-refractivity contribution in [2.24, 2.45) is 0 Å². The molecule has 0 aliphatic carbocycles. The molecule has 0 aliphatic rings. The van der Waals surface area contributed by atoms with Crippen molar-refractivity contribution in [2.75, 3.05) is 6.54 Å². The average molecular weight is 141 g/mol. The van der Waals surface area contributed by atoms with Crippen LogP contribution in [0.4, 0.5) is 0 Å². The maximum absolute atomic E-state index is 3.24. The maximum atomic E-state index is 3.24. The van der Waals surface area contributed by atoms with Gasteiger partial charge in [-0.2, -0.15) is 0 Å². The van der Waals surface area contributed by atoms with Crippen molar-refractivity contribution in [3.8, 4) is 0 Å². The lowest BCUT2D eigenvalue weighted by molar-refractivity contribution is 0.682. The van der Waals surface area contributed by atoms with E-state index >= 15 is 0 Å². The fourth-order valence-electron chi connectivity index (χ4n) is 0.762. The Morgan fingerprint density at radius 1 is 1.20 bits per heavy atom. The van der Waals surface area contributed by atoms with Crippen molar-refractivity contribution in [3.05, 3.63) is 12.3 Å². The van der Waals surface area contributed by atoms with E-state index in [4.69, 9.17) is 0 Å². The number of unbranched alkanes of at least 4 members (excludes halogenated alkanes) is 2. The number of hydrogen-bond acceptors (Lipinski definition) is 1. The van der Waals surface area contributed by atoms with Crippen LogP contribution >= 0.6 is 0 Å². The van der Waals surface area contributed by atoms with Gasteiger partial charge in [-0.3, -0.25) is 0 Å². The van der Waals surface area contributed by atoms with Gasteiger partial charge in [-0.15, -0.1) is 0 Å². The second kappa shape index (κ2) is 8.54. The first kappa shape index (κ1) is 9.54. The van der Waals surface area contributed by atoms with E-state index < -0.39 is 0 Å². The Labute approximate surface area is 64.5 Å². The molecule has 0 spiro atoms. The minimum absolute atomic E-state index is 1.13. The lowest BCUT2D eigenvalue weighted by Gasteiger charge is -1.97. The minimum atomic E-state index is 1.13. The molecule has 0 aromatic rings. The molecular weight excluding hydrogens is 122 g/mol. The van der Waals surface area contributed by atoms with Gasteiger partial charge in [-0.05, 0) is 19.0 Å². The maximum Gasteiger partial charge on any atom is 0.0141 e. The Kier molecular flexibility index (Phi) is 8.15. The number of rotatable bonds is 6. The number of nitrogens with one attached hydrogen (secondary N) is 1. The predicted octanol–water partition coefficient (Wildman–Crippen LogP) is 2.69. The van der Waals surface area contributed by atoms with Crippen LogP contribution in [0.2, 0.25) is 0 Å². The zero-order valence-electron chi connectivity index (χ0n) is 7.19. The van der Waals surface area contributed by atoms with Crippen molar-refractivity contribution >= 4 is 0 Å². The molecule has 1 nitrogen and oxygen atoms in total. The van der Waals surface area contributed by atoms with E-state index in [1.807, 2.05) is 0 Å². The van der Waals surface area contributed by atoms with Crippen molar-refractivity contribution in [1.82, 2.24) is 5.32 Å². The lowest BCUT2D eigenvalue weighted by atomic mass is 10.2. The Morgan fingerprint density at radius 3 is 2.60 bits per heavy atom. The highest BCUT2D eigenvalue weighted by molar-refractivity contribution is 4.76. The van der Waals surface area contributed by atoms with Gasteiger partial charge in [0.25, 0.3) is 0 Å². The molecule has 0 unspecified atom stereocenters. The third-order valence-corrected chi connectivity index (χ3v) is 1.40. The van der Waals surface area contributed by atoms with E-state index in [0.29, 0.717) is 0 Å². The lowest BCUT2D eigenvalue weighted by Crippen LogP contribution is -2.05. The van der Waals surface area contributed by atoms with Gasteiger partial charge in [0.05, 0.1) is 0 Å². The van der Waals surface area contributed by atoms with Crippen molar-refractivity contribution in [3.63, 3.8) is 0 Å². The van der Waals surface area contributed by atoms with Gasteiger partial charge in [0.15, 0.2) is 0 Å². The fraction of sp³-hybridized carbons (Fsp3) is 0.778. The Hall–Kier alpha value is -0.460. The second-order valence-corrected chi connectivity index (χ2v) is 2.47. The summed E-state index contributed by atoms with van der Waals surface area (Å²) < 4.78 is 0. The van der Waals surface area contributed by atoms with Gasteiger partial charge in [0.2, 0.25) is 0 Å². The molecule has 0 saturated carbocycles. The molecule has 1 heteroatoms. The number of hydrogen-bond donors (Lipinski definition) is 1. The summed E-state index contributed by atoms with van der Waals surface area (Å²) >= 11 is 0. The molecule has 0 bridgehead atoms. The third kappa shape index (κ3) is 7.54. The molecule has 0 amide bonds. The van der Waals surface area contributed by atoms with Crippen LogP contribution in [-0.4, -0.2) is 6.54 Å². The highest BCUT2D eigenvalue weighted by Crippen LogP contribution is 1.90. The fourth-order valence-corrected chi connectivity index (χ4v) is 0.762. The monoisotopic (exact) mass is 141 g/mol. The molecular formula is C9H19N. The summed E-state index contributed by atoms with van der Waals surface area (Å²) in [6.45, 7) is 5.50. The first-order chi connectivity index (χ1) is 4.91. The van der Waals surface area contributed by atoms with Gasteiger partial charge < -0.3 is 5.32 Å². The van der Waals surface area contributed by atoms with Crippen LogP contribution in [0.15, 0.2) is 12.3 Å². The van der Waals surface area contributed by atoms with E-state index in [1.165, 1.54) is 19.3 Å². The molecule has 0 heterocycles. The van der Waals surface area contributed by atoms with Crippen molar-refractivity contribution in [2.45, 2.75) is 39.5 Å². The smallest absolute Gasteiger partial charge is 0.0141 e. The molecule has 0 aromatic carbocycles. The molecule has 1 N–H and O–H groups in total. The summed E-state index contributed by atoms with van der Waals surface area (Å²) in [6.07, 6.45) is 9.26. The molecule has 10 heavy (non-hydrogen) atoms. The van der Waals surface area contributed by atoms with E-state index in [0.717, 1.165) is 13.0 Å². The van der Waals surface area contributed by atoms with Crippen LogP contribution in [-0.2, 0) is 0 Å². The molecule has 0 aromatic heterocycles. The van der Waals surface area contributed by atoms with E-state index in [-0.39, 0.29) is 0 Å². The number of allylic oxidation sites excluding steroid dienone is 1. The van der Waals surface area contributed by atoms with Crippen LogP contribution in [0.25, 0.3) is 0 Å². The van der Waals surface area contributed by atoms with Crippen molar-refractivity contribution < 1.29 is 0 Å². The Balaban J connectivity index is 2.83. The summed E-state index contributed by atoms with van der Waals surface area (Å²) in [5.41, 5.74) is 0. The summed E-state index contributed by atoms with van der Waals surface area (Å²) in [5.74, 6) is 0. The predicted molar refractivity (Wildman–Crippen MR) is 47.0 cm³/mol. The molecule has 0 radical (unpaired) electrons. The van der Waals surface area contributed by atoms with Crippen molar-refractivity contribution in [1.29, 1.82) is 0 Å². The normalized spacial score (nSPS) is 10.6. The molecule has 60 valence electrons. The van der Waals surface area contributed by atoms with Gasteiger partial charge >= 0.3 is 0 Å². The van der Waals surface area contributed by atoms with Crippen LogP contribution < -0.4 is 5.32 Å². The largest absolute Gasteiger partial charge is 0.391 e. The van der Waals surface area contributed by atoms with Gasteiger partial charge in [0.1, 0.15) is 0 Å². The third-order valence-electron chi connectivity index (χ3n) is 1.40. The highest BCUT2D eigenvalue weighted by Gasteiger charge is 1.80. The molecule has 0 fully saturated rings. The summed E-state index contributed by atoms with van der Waals surface area (Å²) in [7, 11) is 0. The van der Waals surface area contributed by atoms with Gasteiger partial charge in [-0.25, -0.2) is 0 Å². The van der Waals surface area contributed by atoms with Crippen LogP contribution in [0.1, 0.15) is 39.5 Å². The minimum Gasteiger partial charge on any atom is -0.391 e. The zero-order chi connectivity index (χ0) is 7.66. The summed E-state index contributed by atoms with van der Waals surface area (Å²) in [5, 5.41) is 3.24. The second-order valence-electron chi connectivity index (χ2n) is 2.47. The van der Waals surface area contributed by atoms with Gasteiger partial charge in [0, 0.05) is 6.54 Å². The summed E-state index contributed by atoms with van der Waals surface area (Å²) in [4.78, 5) is 0. The zero-order valence-corrected chi connectivity index (χ0v) is 7.19. The van der Waals surface area contributed by atoms with Gasteiger partial charge in [-0.1, -0.05) is 32.8 Å². The molecule has 0 saturated heterocycles. The highest BCUT2D eigenvalue weighted by atomic mass is 14.8. The van der Waals surface area contributed by atoms with E-state index in [2.05, 4.69) is 31.4 Å². The van der Waals surface area contributed by atoms with Crippen LogP contribution in [0.5, 0.6) is 0 Å². The quantitative estimate of drug-likeness (QED) is 0.561. The average Bonchev–Trinajstić information content (AvgIpc) is 1.97. The first-order valence-corrected chi connectivity index (χ1v) is 4.30. The Bertz CT molecular complexity index is 76.8. The molecule has 0 aliphatic heterocycles. The standard InChI is InChI=1S/C9H19N/c1-3-5-7-9-10-8-6-4-2/h6,8,10H,3-5,7,9H2,1-2H3/b8-6+. The topological polar surface area (TPSA) is 12.0 Å². The van der Waals surface area contributed by atoms with E-state index in [1.54, 1.807) is 0 Å². The van der Waals surface area contributed by atoms with Crippen LogP contribution in [0, 0.1) is 0 Å². The molecule has 0 rings (SSSR count). The Morgan fingerprint density at radius 2 is 2.00 bits per heavy atom. The van der Waals surface area contributed by atoms with E-state index in [9.17, 15) is 0 Å². The van der Waals surface area contributed by atoms with Crippen LogP contribution in [0.3, 0.4) is 0 Å². The SMILES string of the molecule is CC/C=C/NCCCCC.